The maximum Gasteiger partial charge on any atom is 0.0781 e. The van der Waals surface area contributed by atoms with Crippen LogP contribution in [0.15, 0.2) is 0 Å². The number of unbranched alkanes of at least 4 members (excludes halogenated alkanes) is 11. The maximum atomic E-state index is 8.59. The van der Waals surface area contributed by atoms with Gasteiger partial charge >= 0.3 is 0 Å². The molecule has 0 bridgehead atoms. The van der Waals surface area contributed by atoms with Crippen LogP contribution in [0.5, 0.6) is 0 Å². The van der Waals surface area contributed by atoms with Crippen molar-refractivity contribution in [3.63, 3.8) is 0 Å². The summed E-state index contributed by atoms with van der Waals surface area (Å²) < 4.78 is 38.8. The fourth-order valence-electron chi connectivity index (χ4n) is 3.82. The topological polar surface area (TPSA) is 84.8 Å². The molecule has 0 aliphatic carbocycles. The summed E-state index contributed by atoms with van der Waals surface area (Å²) >= 11 is 0. The van der Waals surface area contributed by atoms with Crippen LogP contribution >= 0.6 is 0 Å². The predicted molar refractivity (Wildman–Crippen MR) is 153 cm³/mol. The van der Waals surface area contributed by atoms with Crippen LogP contribution in [0.4, 0.5) is 0 Å². The molecule has 0 saturated heterocycles. The lowest BCUT2D eigenvalue weighted by molar-refractivity contribution is -0.0688. The molecule has 0 aliphatic heterocycles. The zero-order valence-corrected chi connectivity index (χ0v) is 25.1. The van der Waals surface area contributed by atoms with E-state index in [1.54, 1.807) is 0 Å². The van der Waals surface area contributed by atoms with Gasteiger partial charge in [-0.3, -0.25) is 0 Å². The van der Waals surface area contributed by atoms with Gasteiger partial charge in [-0.1, -0.05) is 77.6 Å². The number of hydrogen-bond acceptors (Lipinski definition) is 8. The summed E-state index contributed by atoms with van der Waals surface area (Å²) in [4.78, 5) is 0. The summed E-state index contributed by atoms with van der Waals surface area (Å²) in [5.41, 5.74) is 0. The average molecular weight is 551 g/mol. The highest BCUT2D eigenvalue weighted by molar-refractivity contribution is 4.53. The van der Waals surface area contributed by atoms with Crippen molar-refractivity contribution in [2.45, 2.75) is 110 Å². The van der Waals surface area contributed by atoms with E-state index in [-0.39, 0.29) is 18.8 Å². The van der Waals surface area contributed by atoms with Crippen molar-refractivity contribution < 1.29 is 38.3 Å². The van der Waals surface area contributed by atoms with E-state index in [0.29, 0.717) is 72.7 Å². The number of hydrogen-bond donors (Lipinski definition) is 1. The van der Waals surface area contributed by atoms with Crippen molar-refractivity contribution in [3.05, 3.63) is 0 Å². The molecule has 0 amide bonds. The molecule has 0 spiro atoms. The molecule has 0 fully saturated rings. The maximum absolute atomic E-state index is 8.59. The first-order valence-corrected chi connectivity index (χ1v) is 15.4. The highest BCUT2D eigenvalue weighted by atomic mass is 16.6. The van der Waals surface area contributed by atoms with E-state index in [9.17, 15) is 0 Å². The Hall–Kier alpha value is -0.320. The minimum atomic E-state index is 0.0205. The van der Waals surface area contributed by atoms with Gasteiger partial charge in [-0.05, 0) is 20.3 Å². The van der Waals surface area contributed by atoms with Gasteiger partial charge in [0.1, 0.15) is 0 Å². The molecule has 0 aliphatic rings. The van der Waals surface area contributed by atoms with E-state index >= 15 is 0 Å². The zero-order chi connectivity index (χ0) is 27.8. The molecule has 1 N–H and O–H groups in total. The molecule has 2 atom stereocenters. The van der Waals surface area contributed by atoms with Crippen molar-refractivity contribution >= 4 is 0 Å². The molecule has 0 heterocycles. The van der Waals surface area contributed by atoms with Gasteiger partial charge < -0.3 is 38.3 Å². The largest absolute Gasteiger partial charge is 0.394 e. The van der Waals surface area contributed by atoms with E-state index in [0.717, 1.165) is 13.0 Å². The van der Waals surface area contributed by atoms with Crippen molar-refractivity contribution in [3.8, 4) is 0 Å². The Labute approximate surface area is 234 Å². The van der Waals surface area contributed by atoms with Crippen LogP contribution in [0.25, 0.3) is 0 Å². The van der Waals surface area contributed by atoms with Gasteiger partial charge in [-0.25, -0.2) is 0 Å². The van der Waals surface area contributed by atoms with Gasteiger partial charge in [0, 0.05) is 6.61 Å². The lowest BCUT2D eigenvalue weighted by Crippen LogP contribution is -2.24. The molecule has 2 unspecified atom stereocenters. The Bertz CT molecular complexity index is 389. The average Bonchev–Trinajstić information content (AvgIpc) is 2.92. The molecule has 0 saturated carbocycles. The highest BCUT2D eigenvalue weighted by Crippen LogP contribution is 2.12. The summed E-state index contributed by atoms with van der Waals surface area (Å²) in [7, 11) is 0. The summed E-state index contributed by atoms with van der Waals surface area (Å²) in [5, 5.41) is 8.59. The van der Waals surface area contributed by atoms with Crippen molar-refractivity contribution in [1.29, 1.82) is 0 Å². The van der Waals surface area contributed by atoms with Gasteiger partial charge in [0.2, 0.25) is 0 Å². The number of aliphatic hydroxyl groups is 1. The van der Waals surface area contributed by atoms with Gasteiger partial charge in [0.05, 0.1) is 91.5 Å². The molecule has 0 aromatic carbocycles. The van der Waals surface area contributed by atoms with E-state index in [4.69, 9.17) is 38.3 Å². The fraction of sp³-hybridized carbons (Fsp3) is 1.00. The lowest BCUT2D eigenvalue weighted by atomic mass is 10.1. The van der Waals surface area contributed by atoms with E-state index in [1.807, 2.05) is 13.8 Å². The van der Waals surface area contributed by atoms with Crippen molar-refractivity contribution in [2.75, 3.05) is 85.9 Å². The van der Waals surface area contributed by atoms with Crippen molar-refractivity contribution in [1.82, 2.24) is 0 Å². The van der Waals surface area contributed by atoms with Crippen LogP contribution < -0.4 is 0 Å². The number of aliphatic hydroxyl groups excluding tert-OH is 1. The second-order valence-electron chi connectivity index (χ2n) is 9.96. The standard InChI is InChI=1S/C30H62O8/c1-4-5-6-7-8-9-10-11-12-13-14-15-17-36-27-29(2)38-28-30(3)37-26-25-35-24-23-34-22-21-33-20-19-32-18-16-31/h29-31H,4-28H2,1-3H3. The SMILES string of the molecule is CCCCCCCCCCCCCCOCC(C)OCC(C)OCCOCCOCCOCCOCCO. The molecular formula is C30H62O8. The van der Waals surface area contributed by atoms with Gasteiger partial charge in [0.25, 0.3) is 0 Å². The molecule has 8 heteroatoms. The van der Waals surface area contributed by atoms with E-state index < -0.39 is 0 Å². The van der Waals surface area contributed by atoms with E-state index in [1.165, 1.54) is 70.6 Å². The Balaban J connectivity index is 3.26. The summed E-state index contributed by atoms with van der Waals surface area (Å²) in [6, 6.07) is 0. The van der Waals surface area contributed by atoms with Gasteiger partial charge in [-0.15, -0.1) is 0 Å². The molecule has 38 heavy (non-hydrogen) atoms. The summed E-state index contributed by atoms with van der Waals surface area (Å²) in [6.45, 7) is 12.9. The third-order valence-electron chi connectivity index (χ3n) is 6.09. The smallest absolute Gasteiger partial charge is 0.0781 e. The monoisotopic (exact) mass is 550 g/mol. The first kappa shape index (κ1) is 37.7. The van der Waals surface area contributed by atoms with Gasteiger partial charge in [-0.2, -0.15) is 0 Å². The van der Waals surface area contributed by atoms with Crippen LogP contribution in [0, 0.1) is 0 Å². The molecule has 230 valence electrons. The quantitative estimate of drug-likeness (QED) is 0.106. The van der Waals surface area contributed by atoms with E-state index in [2.05, 4.69) is 6.92 Å². The van der Waals surface area contributed by atoms with Crippen LogP contribution in [-0.4, -0.2) is 103 Å². The van der Waals surface area contributed by atoms with Crippen molar-refractivity contribution in [2.24, 2.45) is 0 Å². The van der Waals surface area contributed by atoms with Crippen LogP contribution in [0.1, 0.15) is 97.8 Å². The molecule has 0 rings (SSSR count). The lowest BCUT2D eigenvalue weighted by Gasteiger charge is -2.18. The first-order valence-electron chi connectivity index (χ1n) is 15.4. The molecular weight excluding hydrogens is 488 g/mol. The fourth-order valence-corrected chi connectivity index (χ4v) is 3.82. The second-order valence-corrected chi connectivity index (χ2v) is 9.96. The Kier molecular flexibility index (Phi) is 32.6. The molecule has 8 nitrogen and oxygen atoms in total. The number of ether oxygens (including phenoxy) is 7. The zero-order valence-electron chi connectivity index (χ0n) is 25.1. The summed E-state index contributed by atoms with van der Waals surface area (Å²) in [5.74, 6) is 0. The van der Waals surface area contributed by atoms with Gasteiger partial charge in [0.15, 0.2) is 0 Å². The molecule has 0 aromatic rings. The third kappa shape index (κ3) is 31.9. The predicted octanol–water partition coefficient (Wildman–Crippen LogP) is 5.57. The molecule has 0 aromatic heterocycles. The third-order valence-corrected chi connectivity index (χ3v) is 6.09. The Morgan fingerprint density at radius 1 is 0.421 bits per heavy atom. The molecule has 0 radical (unpaired) electrons. The Morgan fingerprint density at radius 3 is 1.34 bits per heavy atom. The van der Waals surface area contributed by atoms with Crippen LogP contribution in [-0.2, 0) is 33.2 Å². The first-order chi connectivity index (χ1) is 18.7. The second kappa shape index (κ2) is 32.9. The van der Waals surface area contributed by atoms with Crippen LogP contribution in [0.3, 0.4) is 0 Å². The van der Waals surface area contributed by atoms with Crippen LogP contribution in [0.2, 0.25) is 0 Å². The summed E-state index contributed by atoms with van der Waals surface area (Å²) in [6.07, 6.45) is 16.4. The Morgan fingerprint density at radius 2 is 0.842 bits per heavy atom. The normalized spacial score (nSPS) is 13.3. The minimum Gasteiger partial charge on any atom is -0.394 e. The number of rotatable bonds is 33. The minimum absolute atomic E-state index is 0.0205. The highest BCUT2D eigenvalue weighted by Gasteiger charge is 2.07.